The first-order chi connectivity index (χ1) is 14.7. The van der Waals surface area contributed by atoms with Gasteiger partial charge >= 0.3 is 11.9 Å². The van der Waals surface area contributed by atoms with Crippen LogP contribution in [0.2, 0.25) is 5.02 Å². The molecule has 0 spiro atoms. The van der Waals surface area contributed by atoms with Gasteiger partial charge in [-0.1, -0.05) is 31.5 Å². The lowest BCUT2D eigenvalue weighted by Crippen LogP contribution is -2.15. The molecule has 1 aliphatic rings. The molecule has 160 valence electrons. The van der Waals surface area contributed by atoms with E-state index in [2.05, 4.69) is 4.99 Å². The average molecular weight is 445 g/mol. The lowest BCUT2D eigenvalue weighted by atomic mass is 10.1. The molecular weight excluding hydrogens is 428 g/mol. The van der Waals surface area contributed by atoms with Gasteiger partial charge in [-0.3, -0.25) is 14.9 Å². The standard InChI is InChI=1S/C21H17ClN2O7/c1-11(2)20(25)30-17-7-4-12(9-18(17)29-3)8-16-21(26)31-19(23-16)14-6-5-13(24(27)28)10-15(14)22/h4-11H,1-3H3. The number of esters is 2. The summed E-state index contributed by atoms with van der Waals surface area (Å²) in [5.41, 5.74) is 0.601. The van der Waals surface area contributed by atoms with E-state index in [0.717, 1.165) is 6.07 Å². The normalized spacial score (nSPS) is 14.4. The van der Waals surface area contributed by atoms with Gasteiger partial charge in [-0.05, 0) is 29.8 Å². The largest absolute Gasteiger partial charge is 0.493 e. The van der Waals surface area contributed by atoms with E-state index in [0.29, 0.717) is 11.3 Å². The minimum atomic E-state index is -0.710. The van der Waals surface area contributed by atoms with Gasteiger partial charge in [-0.15, -0.1) is 0 Å². The number of carbonyl (C=O) groups is 2. The summed E-state index contributed by atoms with van der Waals surface area (Å²) in [6, 6.07) is 8.49. The van der Waals surface area contributed by atoms with Gasteiger partial charge in [0.25, 0.3) is 5.69 Å². The maximum Gasteiger partial charge on any atom is 0.363 e. The molecule has 31 heavy (non-hydrogen) atoms. The minimum absolute atomic E-state index is 0.00148. The number of benzene rings is 2. The summed E-state index contributed by atoms with van der Waals surface area (Å²) in [5, 5.41) is 10.9. The number of rotatable bonds is 6. The van der Waals surface area contributed by atoms with Crippen LogP contribution < -0.4 is 9.47 Å². The lowest BCUT2D eigenvalue weighted by molar-refractivity contribution is -0.384. The number of nitro benzene ring substituents is 1. The van der Waals surface area contributed by atoms with E-state index in [-0.39, 0.29) is 39.5 Å². The predicted molar refractivity (Wildman–Crippen MR) is 112 cm³/mol. The van der Waals surface area contributed by atoms with Crippen LogP contribution in [0.5, 0.6) is 11.5 Å². The molecular formula is C21H17ClN2O7. The van der Waals surface area contributed by atoms with Gasteiger partial charge in [0.15, 0.2) is 17.2 Å². The zero-order valence-corrected chi connectivity index (χ0v) is 17.5. The van der Waals surface area contributed by atoms with Gasteiger partial charge in [0, 0.05) is 12.1 Å². The van der Waals surface area contributed by atoms with E-state index in [1.807, 2.05) is 0 Å². The van der Waals surface area contributed by atoms with E-state index < -0.39 is 16.9 Å². The second-order valence-corrected chi connectivity index (χ2v) is 7.15. The van der Waals surface area contributed by atoms with Crippen LogP contribution in [0.1, 0.15) is 25.0 Å². The topological polar surface area (TPSA) is 117 Å². The summed E-state index contributed by atoms with van der Waals surface area (Å²) < 4.78 is 15.7. The molecule has 0 radical (unpaired) electrons. The summed E-state index contributed by atoms with van der Waals surface area (Å²) in [4.78, 5) is 38.5. The molecule has 3 rings (SSSR count). The molecule has 1 aliphatic heterocycles. The number of cyclic esters (lactones) is 1. The first-order valence-corrected chi connectivity index (χ1v) is 9.44. The maximum atomic E-state index is 12.2. The zero-order valence-electron chi connectivity index (χ0n) is 16.7. The summed E-state index contributed by atoms with van der Waals surface area (Å²) in [6.07, 6.45) is 1.46. The van der Waals surface area contributed by atoms with Crippen LogP contribution in [0.15, 0.2) is 47.1 Å². The van der Waals surface area contributed by atoms with Crippen molar-refractivity contribution in [2.24, 2.45) is 10.9 Å². The molecule has 0 unspecified atom stereocenters. The molecule has 1 heterocycles. The Bertz CT molecular complexity index is 1140. The number of carbonyl (C=O) groups excluding carboxylic acids is 2. The van der Waals surface area contributed by atoms with Crippen molar-refractivity contribution in [1.29, 1.82) is 0 Å². The van der Waals surface area contributed by atoms with Crippen molar-refractivity contribution in [2.75, 3.05) is 7.11 Å². The van der Waals surface area contributed by atoms with Gasteiger partial charge in [-0.2, -0.15) is 0 Å². The predicted octanol–water partition coefficient (Wildman–Crippen LogP) is 4.16. The molecule has 0 fully saturated rings. The highest BCUT2D eigenvalue weighted by atomic mass is 35.5. The Kier molecular flexibility index (Phi) is 6.36. The third kappa shape index (κ3) is 4.89. The second kappa shape index (κ2) is 8.97. The zero-order chi connectivity index (χ0) is 22.7. The fraction of sp³-hybridized carbons (Fsp3) is 0.190. The number of halogens is 1. The van der Waals surface area contributed by atoms with Gasteiger partial charge in [-0.25, -0.2) is 9.79 Å². The van der Waals surface area contributed by atoms with Crippen molar-refractivity contribution in [3.05, 3.63) is 68.4 Å². The van der Waals surface area contributed by atoms with E-state index in [4.69, 9.17) is 25.8 Å². The summed E-state index contributed by atoms with van der Waals surface area (Å²) in [6.45, 7) is 3.43. The molecule has 9 nitrogen and oxygen atoms in total. The molecule has 0 aromatic heterocycles. The first-order valence-electron chi connectivity index (χ1n) is 9.06. The minimum Gasteiger partial charge on any atom is -0.493 e. The van der Waals surface area contributed by atoms with Crippen molar-refractivity contribution in [1.82, 2.24) is 0 Å². The molecule has 0 saturated carbocycles. The van der Waals surface area contributed by atoms with Gasteiger partial charge in [0.2, 0.25) is 5.90 Å². The molecule has 0 aliphatic carbocycles. The molecule has 2 aromatic carbocycles. The molecule has 0 bridgehead atoms. The van der Waals surface area contributed by atoms with Crippen LogP contribution in [-0.4, -0.2) is 29.9 Å². The van der Waals surface area contributed by atoms with Crippen molar-refractivity contribution >= 4 is 41.2 Å². The van der Waals surface area contributed by atoms with Gasteiger partial charge in [0.1, 0.15) is 0 Å². The Labute approximate surface area is 182 Å². The highest BCUT2D eigenvalue weighted by molar-refractivity contribution is 6.34. The molecule has 0 N–H and O–H groups in total. The van der Waals surface area contributed by atoms with E-state index in [9.17, 15) is 19.7 Å². The smallest absolute Gasteiger partial charge is 0.363 e. The van der Waals surface area contributed by atoms with Crippen LogP contribution in [0.25, 0.3) is 6.08 Å². The number of ether oxygens (including phenoxy) is 3. The van der Waals surface area contributed by atoms with Gasteiger partial charge in [0.05, 0.1) is 28.5 Å². The molecule has 2 aromatic rings. The van der Waals surface area contributed by atoms with Crippen LogP contribution >= 0.6 is 11.6 Å². The summed E-state index contributed by atoms with van der Waals surface area (Å²) in [5.74, 6) is -0.933. The molecule has 0 saturated heterocycles. The fourth-order valence-corrected chi connectivity index (χ4v) is 2.81. The number of nitro groups is 1. The highest BCUT2D eigenvalue weighted by Crippen LogP contribution is 2.31. The van der Waals surface area contributed by atoms with Crippen molar-refractivity contribution < 1.29 is 28.7 Å². The van der Waals surface area contributed by atoms with Crippen LogP contribution in [0, 0.1) is 16.0 Å². The lowest BCUT2D eigenvalue weighted by Gasteiger charge is -2.11. The fourth-order valence-electron chi connectivity index (χ4n) is 2.56. The Hall–Kier alpha value is -3.72. The molecule has 10 heteroatoms. The number of aliphatic imine (C=N–C) groups is 1. The maximum absolute atomic E-state index is 12.2. The number of hydrogen-bond acceptors (Lipinski definition) is 8. The van der Waals surface area contributed by atoms with E-state index >= 15 is 0 Å². The van der Waals surface area contributed by atoms with E-state index in [1.165, 1.54) is 25.3 Å². The Morgan fingerprint density at radius 2 is 1.97 bits per heavy atom. The number of methoxy groups -OCH3 is 1. The van der Waals surface area contributed by atoms with Crippen molar-refractivity contribution in [3.63, 3.8) is 0 Å². The van der Waals surface area contributed by atoms with Crippen LogP contribution in [0.3, 0.4) is 0 Å². The third-order valence-corrected chi connectivity index (χ3v) is 4.50. The summed E-state index contributed by atoms with van der Waals surface area (Å²) in [7, 11) is 1.43. The summed E-state index contributed by atoms with van der Waals surface area (Å²) >= 11 is 6.08. The quantitative estimate of drug-likeness (QED) is 0.216. The first kappa shape index (κ1) is 22.0. The Balaban J connectivity index is 1.90. The highest BCUT2D eigenvalue weighted by Gasteiger charge is 2.26. The molecule has 0 amide bonds. The van der Waals surface area contributed by atoms with E-state index in [1.54, 1.807) is 32.0 Å². The average Bonchev–Trinajstić information content (AvgIpc) is 3.08. The third-order valence-electron chi connectivity index (χ3n) is 4.19. The second-order valence-electron chi connectivity index (χ2n) is 6.74. The number of non-ortho nitro benzene ring substituents is 1. The monoisotopic (exact) mass is 444 g/mol. The van der Waals surface area contributed by atoms with Crippen LogP contribution in [-0.2, 0) is 14.3 Å². The van der Waals surface area contributed by atoms with Crippen molar-refractivity contribution in [3.8, 4) is 11.5 Å². The van der Waals surface area contributed by atoms with Gasteiger partial charge < -0.3 is 14.2 Å². The van der Waals surface area contributed by atoms with Crippen molar-refractivity contribution in [2.45, 2.75) is 13.8 Å². The Morgan fingerprint density at radius 1 is 1.23 bits per heavy atom. The molecule has 0 atom stereocenters. The number of hydrogen-bond donors (Lipinski definition) is 0. The SMILES string of the molecule is COc1cc(C=C2N=C(c3ccc([N+](=O)[O-])cc3Cl)OC2=O)ccc1OC(=O)C(C)C. The Morgan fingerprint density at radius 3 is 2.58 bits per heavy atom. The number of nitrogens with zero attached hydrogens (tertiary/aromatic N) is 2. The van der Waals surface area contributed by atoms with Crippen LogP contribution in [0.4, 0.5) is 5.69 Å².